The highest BCUT2D eigenvalue weighted by Crippen LogP contribution is 2.33. The molecule has 3 aromatic heterocycles. The van der Waals surface area contributed by atoms with E-state index < -0.39 is 0 Å². The van der Waals surface area contributed by atoms with Crippen molar-refractivity contribution in [1.29, 1.82) is 0 Å². The summed E-state index contributed by atoms with van der Waals surface area (Å²) in [6, 6.07) is 15.3. The van der Waals surface area contributed by atoms with Gasteiger partial charge in [0.1, 0.15) is 17.3 Å². The molecule has 5 aromatic rings. The van der Waals surface area contributed by atoms with Crippen LogP contribution in [0.1, 0.15) is 10.5 Å². The molecule has 6 N–H and O–H groups in total. The van der Waals surface area contributed by atoms with Gasteiger partial charge >= 0.3 is 0 Å². The number of carbonyl (C=O) groups excluding carboxylic acids is 1. The van der Waals surface area contributed by atoms with Crippen molar-refractivity contribution in [2.45, 2.75) is 6.54 Å². The number of aromatic nitrogens is 4. The van der Waals surface area contributed by atoms with Crippen molar-refractivity contribution in [3.63, 3.8) is 0 Å². The van der Waals surface area contributed by atoms with Crippen LogP contribution in [0.15, 0.2) is 54.7 Å². The van der Waals surface area contributed by atoms with Crippen molar-refractivity contribution in [3.8, 4) is 22.6 Å². The quantitative estimate of drug-likeness (QED) is 0.117. The lowest BCUT2D eigenvalue weighted by molar-refractivity contribution is 0.0948. The maximum absolute atomic E-state index is 13.0. The van der Waals surface area contributed by atoms with Gasteiger partial charge in [0.2, 0.25) is 4.77 Å². The van der Waals surface area contributed by atoms with Crippen LogP contribution in [-0.2, 0) is 6.54 Å². The number of nitrogens with zero attached hydrogens (tertiary/aromatic N) is 3. The Kier molecular flexibility index (Phi) is 8.31. The number of hydrogen-bond acceptors (Lipinski definition) is 9. The summed E-state index contributed by atoms with van der Waals surface area (Å²) in [5.74, 6) is 2.11. The van der Waals surface area contributed by atoms with Gasteiger partial charge in [0.25, 0.3) is 5.91 Å². The maximum atomic E-state index is 13.0. The smallest absolute Gasteiger partial charge is 0.267 e. The molecular formula is C29H32N8O3S. The number of methoxy groups -OCH3 is 2. The fraction of sp³-hybridized carbons (Fsp3) is 0.241. The van der Waals surface area contributed by atoms with Crippen molar-refractivity contribution in [3.05, 3.63) is 65.2 Å². The molecule has 41 heavy (non-hydrogen) atoms. The summed E-state index contributed by atoms with van der Waals surface area (Å²) in [7, 11) is 5.03. The first-order valence-electron chi connectivity index (χ1n) is 13.1. The van der Waals surface area contributed by atoms with E-state index in [0.717, 1.165) is 40.9 Å². The van der Waals surface area contributed by atoms with Gasteiger partial charge in [-0.1, -0.05) is 12.1 Å². The number of nitrogens with two attached hydrogens (primary N) is 1. The van der Waals surface area contributed by atoms with Crippen LogP contribution in [-0.4, -0.2) is 66.3 Å². The van der Waals surface area contributed by atoms with Crippen LogP contribution < -0.4 is 31.2 Å². The molecule has 0 aliphatic carbocycles. The third-order valence-electron chi connectivity index (χ3n) is 6.78. The van der Waals surface area contributed by atoms with Crippen molar-refractivity contribution in [2.24, 2.45) is 0 Å². The first-order chi connectivity index (χ1) is 19.9. The van der Waals surface area contributed by atoms with Crippen LogP contribution in [0.25, 0.3) is 32.9 Å². The molecule has 0 unspecified atom stereocenters. The van der Waals surface area contributed by atoms with E-state index in [2.05, 4.69) is 30.9 Å². The standard InChI is InChI=1S/C29H32N8O3S/c1-31-8-9-32-26-7-6-19(16-34-26)17-4-5-18-13-23(35-21(18)12-17)28(38)33-10-11-37-27(30)20-14-24(39-2)25(40-3)15-22(20)36-29(37)41/h4-7,12-16,31,35H,8-11,30H2,1-3H3,(H,32,34)(H,33,38). The SMILES string of the molecule is CNCCNc1ccc(-c2ccc3cc(C(=O)NCCn4c(N)c5cc(OC)c(OC)cc5nc4=S)[nH]c3c2)cn1. The number of nitrogen functional groups attached to an aromatic ring is 1. The molecule has 12 heteroatoms. The fourth-order valence-electron chi connectivity index (χ4n) is 4.58. The monoisotopic (exact) mass is 572 g/mol. The predicted octanol–water partition coefficient (Wildman–Crippen LogP) is 3.97. The Balaban J connectivity index is 1.27. The van der Waals surface area contributed by atoms with Crippen molar-refractivity contribution < 1.29 is 14.3 Å². The van der Waals surface area contributed by atoms with Crippen LogP contribution in [0.4, 0.5) is 11.6 Å². The van der Waals surface area contributed by atoms with E-state index in [1.165, 1.54) is 0 Å². The van der Waals surface area contributed by atoms with Crippen LogP contribution in [0.2, 0.25) is 0 Å². The van der Waals surface area contributed by atoms with Crippen LogP contribution in [0.5, 0.6) is 11.5 Å². The molecule has 1 amide bonds. The molecule has 212 valence electrons. The number of ether oxygens (including phenoxy) is 2. The molecule has 0 bridgehead atoms. The molecule has 0 aliphatic rings. The summed E-state index contributed by atoms with van der Waals surface area (Å²) in [5, 5.41) is 10.9. The third-order valence-corrected chi connectivity index (χ3v) is 7.09. The number of rotatable bonds is 11. The van der Waals surface area contributed by atoms with Crippen LogP contribution >= 0.6 is 12.2 Å². The molecule has 0 atom stereocenters. The van der Waals surface area contributed by atoms with Gasteiger partial charge in [0.15, 0.2) is 11.5 Å². The number of fused-ring (bicyclic) bond motifs is 2. The number of nitrogens with one attached hydrogen (secondary N) is 4. The Morgan fingerprint density at radius 1 is 1.02 bits per heavy atom. The summed E-state index contributed by atoms with van der Waals surface area (Å²) >= 11 is 5.48. The average molecular weight is 573 g/mol. The lowest BCUT2D eigenvalue weighted by Crippen LogP contribution is -2.28. The number of carbonyl (C=O) groups is 1. The number of pyridine rings is 1. The molecule has 0 fully saturated rings. The summed E-state index contributed by atoms with van der Waals surface area (Å²) in [6.07, 6.45) is 1.84. The molecule has 0 saturated heterocycles. The van der Waals surface area contributed by atoms with E-state index >= 15 is 0 Å². The van der Waals surface area contributed by atoms with E-state index in [0.29, 0.717) is 51.8 Å². The molecule has 3 heterocycles. The van der Waals surface area contributed by atoms with E-state index in [1.54, 1.807) is 30.9 Å². The fourth-order valence-corrected chi connectivity index (χ4v) is 4.87. The second-order valence-electron chi connectivity index (χ2n) is 9.36. The second-order valence-corrected chi connectivity index (χ2v) is 9.72. The average Bonchev–Trinajstić information content (AvgIpc) is 3.42. The summed E-state index contributed by atoms with van der Waals surface area (Å²) in [4.78, 5) is 25.2. The highest BCUT2D eigenvalue weighted by Gasteiger charge is 2.14. The number of amides is 1. The molecule has 0 saturated carbocycles. The Bertz CT molecular complexity index is 1760. The van der Waals surface area contributed by atoms with Gasteiger partial charge in [-0.05, 0) is 55.2 Å². The van der Waals surface area contributed by atoms with Gasteiger partial charge in [-0.2, -0.15) is 0 Å². The highest BCUT2D eigenvalue weighted by atomic mass is 32.1. The van der Waals surface area contributed by atoms with Gasteiger partial charge in [-0.25, -0.2) is 9.97 Å². The van der Waals surface area contributed by atoms with Crippen molar-refractivity contribution in [2.75, 3.05) is 52.0 Å². The van der Waals surface area contributed by atoms with E-state index in [9.17, 15) is 4.79 Å². The molecular weight excluding hydrogens is 540 g/mol. The molecule has 0 aliphatic heterocycles. The predicted molar refractivity (Wildman–Crippen MR) is 164 cm³/mol. The second kappa shape index (κ2) is 12.2. The molecule has 11 nitrogen and oxygen atoms in total. The lowest BCUT2D eigenvalue weighted by Gasteiger charge is -2.15. The van der Waals surface area contributed by atoms with E-state index in [1.807, 2.05) is 49.6 Å². The van der Waals surface area contributed by atoms with Crippen molar-refractivity contribution >= 4 is 51.6 Å². The minimum Gasteiger partial charge on any atom is -0.493 e. The summed E-state index contributed by atoms with van der Waals surface area (Å²) in [6.45, 7) is 2.31. The maximum Gasteiger partial charge on any atom is 0.267 e. The highest BCUT2D eigenvalue weighted by molar-refractivity contribution is 7.71. The van der Waals surface area contributed by atoms with Gasteiger partial charge < -0.3 is 40.7 Å². The zero-order valence-electron chi connectivity index (χ0n) is 23.1. The Morgan fingerprint density at radius 2 is 1.80 bits per heavy atom. The van der Waals surface area contributed by atoms with Gasteiger partial charge in [-0.15, -0.1) is 0 Å². The minimum absolute atomic E-state index is 0.230. The van der Waals surface area contributed by atoms with Gasteiger partial charge in [0.05, 0.1) is 19.7 Å². The summed E-state index contributed by atoms with van der Waals surface area (Å²) in [5.41, 5.74) is 10.4. The first kappa shape index (κ1) is 27.9. The van der Waals surface area contributed by atoms with E-state index in [-0.39, 0.29) is 5.91 Å². The summed E-state index contributed by atoms with van der Waals surface area (Å²) < 4.78 is 12.8. The minimum atomic E-state index is -0.230. The number of H-pyrrole nitrogens is 1. The van der Waals surface area contributed by atoms with Crippen LogP contribution in [0, 0.1) is 4.77 Å². The number of likely N-dealkylation sites (N-methyl/N-ethyl adjacent to an activating group) is 1. The van der Waals surface area contributed by atoms with Crippen LogP contribution in [0.3, 0.4) is 0 Å². The number of anilines is 2. The normalized spacial score (nSPS) is 11.1. The number of hydrogen-bond donors (Lipinski definition) is 5. The molecule has 5 rings (SSSR count). The third kappa shape index (κ3) is 5.93. The molecule has 0 radical (unpaired) electrons. The molecule has 2 aromatic carbocycles. The number of aromatic amines is 1. The van der Waals surface area contributed by atoms with Gasteiger partial charge in [-0.3, -0.25) is 4.79 Å². The Hall–Kier alpha value is -4.68. The Labute approximate surface area is 242 Å². The zero-order chi connectivity index (χ0) is 28.9. The first-order valence-corrected chi connectivity index (χ1v) is 13.5. The molecule has 0 spiro atoms. The van der Waals surface area contributed by atoms with Gasteiger partial charge in [0, 0.05) is 60.3 Å². The largest absolute Gasteiger partial charge is 0.493 e. The lowest BCUT2D eigenvalue weighted by atomic mass is 10.1. The number of benzene rings is 2. The van der Waals surface area contributed by atoms with Crippen molar-refractivity contribution in [1.82, 2.24) is 30.2 Å². The van der Waals surface area contributed by atoms with E-state index in [4.69, 9.17) is 27.4 Å². The Morgan fingerprint density at radius 3 is 2.54 bits per heavy atom. The topological polar surface area (TPSA) is 144 Å². The zero-order valence-corrected chi connectivity index (χ0v) is 23.9.